The number of ether oxygens (including phenoxy) is 1. The van der Waals surface area contributed by atoms with Gasteiger partial charge in [0.05, 0.1) is 5.92 Å². The second-order valence-electron chi connectivity index (χ2n) is 7.87. The van der Waals surface area contributed by atoms with Crippen LogP contribution in [0.5, 0.6) is 0 Å². The number of carbonyl (C=O) groups is 1. The molecular formula is C23H26FNO2. The van der Waals surface area contributed by atoms with Crippen molar-refractivity contribution in [1.29, 1.82) is 0 Å². The van der Waals surface area contributed by atoms with E-state index in [2.05, 4.69) is 11.9 Å². The average Bonchev–Trinajstić information content (AvgIpc) is 2.89. The number of hydrogen-bond acceptors (Lipinski definition) is 3. The van der Waals surface area contributed by atoms with Crippen molar-refractivity contribution < 1.29 is 13.9 Å². The van der Waals surface area contributed by atoms with Crippen LogP contribution in [0.2, 0.25) is 0 Å². The van der Waals surface area contributed by atoms with Crippen LogP contribution in [0.3, 0.4) is 0 Å². The Labute approximate surface area is 160 Å². The number of carbonyl (C=O) groups excluding carboxylic acids is 1. The van der Waals surface area contributed by atoms with Crippen LogP contribution in [-0.2, 0) is 16.0 Å². The predicted molar refractivity (Wildman–Crippen MR) is 103 cm³/mol. The highest BCUT2D eigenvalue weighted by atomic mass is 19.1. The molecule has 2 heterocycles. The summed E-state index contributed by atoms with van der Waals surface area (Å²) in [7, 11) is 2.18. The van der Waals surface area contributed by atoms with Gasteiger partial charge >= 0.3 is 5.97 Å². The first-order valence-electron chi connectivity index (χ1n) is 9.82. The molecule has 0 aromatic heterocycles. The smallest absolute Gasteiger partial charge is 0.314 e. The number of rotatable bonds is 5. The van der Waals surface area contributed by atoms with Gasteiger partial charge < -0.3 is 9.64 Å². The van der Waals surface area contributed by atoms with Crippen LogP contribution in [0.4, 0.5) is 4.39 Å². The number of halogens is 1. The van der Waals surface area contributed by atoms with E-state index in [0.29, 0.717) is 18.5 Å². The van der Waals surface area contributed by atoms with Crippen molar-refractivity contribution in [2.75, 3.05) is 7.05 Å². The van der Waals surface area contributed by atoms with Crippen LogP contribution in [0, 0.1) is 5.82 Å². The Morgan fingerprint density at radius 1 is 1.07 bits per heavy atom. The van der Waals surface area contributed by atoms with E-state index in [-0.39, 0.29) is 23.8 Å². The monoisotopic (exact) mass is 367 g/mol. The summed E-state index contributed by atoms with van der Waals surface area (Å²) in [6, 6.07) is 17.2. The number of esters is 1. The SMILES string of the molecule is CN1[C@@H]2CC[C@H]1C[C@H](OC(=O)C(Cc1ccc(F)cc1)c1ccccc1)C2. The molecule has 0 amide bonds. The highest BCUT2D eigenvalue weighted by Gasteiger charge is 2.40. The van der Waals surface area contributed by atoms with Gasteiger partial charge in [-0.3, -0.25) is 4.79 Å². The lowest BCUT2D eigenvalue weighted by molar-refractivity contribution is -0.154. The first-order valence-corrected chi connectivity index (χ1v) is 9.82. The van der Waals surface area contributed by atoms with E-state index in [1.54, 1.807) is 12.1 Å². The Balaban J connectivity index is 1.49. The van der Waals surface area contributed by atoms with E-state index >= 15 is 0 Å². The van der Waals surface area contributed by atoms with Gasteiger partial charge in [-0.2, -0.15) is 0 Å². The van der Waals surface area contributed by atoms with Gasteiger partial charge in [0.2, 0.25) is 0 Å². The Morgan fingerprint density at radius 2 is 1.70 bits per heavy atom. The normalized spacial score (nSPS) is 25.9. The largest absolute Gasteiger partial charge is 0.462 e. The summed E-state index contributed by atoms with van der Waals surface area (Å²) in [6.07, 6.45) is 4.78. The standard InChI is InChI=1S/C23H26FNO2/c1-25-19-11-12-20(25)15-21(14-19)27-23(26)22(17-5-3-2-4-6-17)13-16-7-9-18(24)10-8-16/h2-10,19-22H,11-15H2,1H3/t19-,20+,21-,22?. The lowest BCUT2D eigenvalue weighted by atomic mass is 9.91. The molecule has 0 N–H and O–H groups in total. The summed E-state index contributed by atoms with van der Waals surface area (Å²) >= 11 is 0. The third-order valence-electron chi connectivity index (χ3n) is 6.18. The molecule has 3 nitrogen and oxygen atoms in total. The van der Waals surface area contributed by atoms with Gasteiger partial charge in [0, 0.05) is 12.1 Å². The maximum Gasteiger partial charge on any atom is 0.314 e. The summed E-state index contributed by atoms with van der Waals surface area (Å²) < 4.78 is 19.2. The van der Waals surface area contributed by atoms with E-state index in [1.165, 1.54) is 25.0 Å². The number of benzene rings is 2. The molecule has 2 aromatic carbocycles. The molecule has 2 saturated heterocycles. The zero-order chi connectivity index (χ0) is 18.8. The molecule has 2 bridgehead atoms. The molecule has 2 aromatic rings. The molecule has 1 unspecified atom stereocenters. The summed E-state index contributed by atoms with van der Waals surface area (Å²) in [6.45, 7) is 0. The van der Waals surface area contributed by atoms with Crippen molar-refractivity contribution >= 4 is 5.97 Å². The summed E-state index contributed by atoms with van der Waals surface area (Å²) in [5, 5.41) is 0. The highest BCUT2D eigenvalue weighted by molar-refractivity contribution is 5.78. The molecule has 4 atom stereocenters. The van der Waals surface area contributed by atoms with Crippen molar-refractivity contribution in [1.82, 2.24) is 4.90 Å². The van der Waals surface area contributed by atoms with Crippen molar-refractivity contribution in [3.63, 3.8) is 0 Å². The molecule has 4 rings (SSSR count). The van der Waals surface area contributed by atoms with Crippen LogP contribution in [0.25, 0.3) is 0 Å². The van der Waals surface area contributed by atoms with Crippen molar-refractivity contribution in [3.05, 3.63) is 71.5 Å². The minimum atomic E-state index is -0.367. The van der Waals surface area contributed by atoms with Gasteiger partial charge in [-0.15, -0.1) is 0 Å². The van der Waals surface area contributed by atoms with Crippen molar-refractivity contribution in [2.45, 2.75) is 56.2 Å². The predicted octanol–water partition coefficient (Wildman–Crippen LogP) is 4.32. The van der Waals surface area contributed by atoms with Gasteiger partial charge in [0.15, 0.2) is 0 Å². The summed E-state index contributed by atoms with van der Waals surface area (Å²) in [4.78, 5) is 15.5. The highest BCUT2D eigenvalue weighted by Crippen LogP contribution is 2.36. The average molecular weight is 367 g/mol. The molecule has 0 aliphatic carbocycles. The number of nitrogens with zero attached hydrogens (tertiary/aromatic N) is 1. The molecule has 0 spiro atoms. The zero-order valence-electron chi connectivity index (χ0n) is 15.7. The minimum Gasteiger partial charge on any atom is -0.462 e. The third kappa shape index (κ3) is 4.06. The molecule has 2 aliphatic heterocycles. The summed E-state index contributed by atoms with van der Waals surface area (Å²) in [5.74, 6) is -0.798. The lowest BCUT2D eigenvalue weighted by Crippen LogP contribution is -2.43. The number of piperidine rings is 1. The second-order valence-corrected chi connectivity index (χ2v) is 7.87. The van der Waals surface area contributed by atoms with Crippen molar-refractivity contribution in [2.24, 2.45) is 0 Å². The fourth-order valence-electron chi connectivity index (χ4n) is 4.58. The molecule has 2 aliphatic rings. The molecule has 2 fully saturated rings. The van der Waals surface area contributed by atoms with Crippen LogP contribution in [-0.4, -0.2) is 36.1 Å². The van der Waals surface area contributed by atoms with Crippen LogP contribution in [0.15, 0.2) is 54.6 Å². The molecule has 0 radical (unpaired) electrons. The van der Waals surface area contributed by atoms with Crippen LogP contribution in [0.1, 0.15) is 42.7 Å². The van der Waals surface area contributed by atoms with E-state index in [9.17, 15) is 9.18 Å². The first kappa shape index (κ1) is 18.2. The van der Waals surface area contributed by atoms with Crippen molar-refractivity contribution in [3.8, 4) is 0 Å². The third-order valence-corrected chi connectivity index (χ3v) is 6.18. The molecule has 4 heteroatoms. The van der Waals surface area contributed by atoms with Gasteiger partial charge in [-0.1, -0.05) is 42.5 Å². The molecule has 27 heavy (non-hydrogen) atoms. The number of hydrogen-bond donors (Lipinski definition) is 0. The van der Waals surface area contributed by atoms with Gasteiger partial charge in [0.1, 0.15) is 11.9 Å². The lowest BCUT2D eigenvalue weighted by Gasteiger charge is -2.36. The van der Waals surface area contributed by atoms with E-state index in [4.69, 9.17) is 4.74 Å². The van der Waals surface area contributed by atoms with Gasteiger partial charge in [-0.25, -0.2) is 4.39 Å². The van der Waals surface area contributed by atoms with Gasteiger partial charge in [0.25, 0.3) is 0 Å². The Bertz CT molecular complexity index is 763. The Morgan fingerprint density at radius 3 is 2.33 bits per heavy atom. The molecule has 142 valence electrons. The second kappa shape index (κ2) is 7.81. The van der Waals surface area contributed by atoms with E-state index < -0.39 is 0 Å². The zero-order valence-corrected chi connectivity index (χ0v) is 15.7. The Kier molecular flexibility index (Phi) is 5.26. The first-order chi connectivity index (χ1) is 13.1. The fourth-order valence-corrected chi connectivity index (χ4v) is 4.58. The maximum atomic E-state index is 13.2. The van der Waals surface area contributed by atoms with Crippen LogP contribution < -0.4 is 0 Å². The quantitative estimate of drug-likeness (QED) is 0.737. The number of fused-ring (bicyclic) bond motifs is 2. The minimum absolute atomic E-state index is 0.00521. The topological polar surface area (TPSA) is 29.5 Å². The van der Waals surface area contributed by atoms with Gasteiger partial charge in [-0.05, 0) is 62.4 Å². The van der Waals surface area contributed by atoms with Crippen LogP contribution >= 0.6 is 0 Å². The maximum absolute atomic E-state index is 13.2. The van der Waals surface area contributed by atoms with E-state index in [1.807, 2.05) is 30.3 Å². The fraction of sp³-hybridized carbons (Fsp3) is 0.435. The Hall–Kier alpha value is -2.20. The molecule has 0 saturated carbocycles. The molecular weight excluding hydrogens is 341 g/mol. The van der Waals surface area contributed by atoms with E-state index in [0.717, 1.165) is 24.0 Å². The summed E-state index contributed by atoms with van der Waals surface area (Å²) in [5.41, 5.74) is 1.88.